The molecule has 0 aliphatic carbocycles. The number of nitrogens with zero attached hydrogens (tertiary/aromatic N) is 1. The van der Waals surface area contributed by atoms with Gasteiger partial charge in [-0.15, -0.1) is 0 Å². The average Bonchev–Trinajstić information content (AvgIpc) is 2.61. The zero-order valence-corrected chi connectivity index (χ0v) is 14.5. The second kappa shape index (κ2) is 6.51. The van der Waals surface area contributed by atoms with E-state index in [2.05, 4.69) is 10.3 Å². The number of hydrogen-bond donors (Lipinski definition) is 3. The Balaban J connectivity index is 1.96. The SMILES string of the molecule is O=c1[nH]c(=S)n(-c2cccc(F)c2)c(O)c1C1NCCc2ccccc21. The standard InChI is InChI=1S/C19H16FN3O2S/c20-12-5-3-6-13(10-12)23-18(25)15(17(24)22-19(23)26)16-14-7-2-1-4-11(14)8-9-21-16/h1-7,10,16,21,25H,8-9H2,(H,22,24,26). The minimum atomic E-state index is -0.473. The van der Waals surface area contributed by atoms with Crippen molar-refractivity contribution in [2.75, 3.05) is 6.54 Å². The molecule has 1 aromatic heterocycles. The van der Waals surface area contributed by atoms with Gasteiger partial charge in [-0.25, -0.2) is 4.39 Å². The molecule has 3 N–H and O–H groups in total. The van der Waals surface area contributed by atoms with Crippen LogP contribution in [0.15, 0.2) is 53.3 Å². The van der Waals surface area contributed by atoms with E-state index >= 15 is 0 Å². The molecule has 4 rings (SSSR count). The Kier molecular flexibility index (Phi) is 4.18. The maximum absolute atomic E-state index is 13.6. The van der Waals surface area contributed by atoms with Crippen LogP contribution in [0.25, 0.3) is 5.69 Å². The van der Waals surface area contributed by atoms with Gasteiger partial charge in [0.05, 0.1) is 17.3 Å². The second-order valence-electron chi connectivity index (χ2n) is 6.15. The van der Waals surface area contributed by atoms with Crippen molar-refractivity contribution < 1.29 is 9.50 Å². The van der Waals surface area contributed by atoms with Crippen LogP contribution in [0.4, 0.5) is 4.39 Å². The van der Waals surface area contributed by atoms with Gasteiger partial charge in [-0.05, 0) is 48.0 Å². The van der Waals surface area contributed by atoms with Gasteiger partial charge in [-0.1, -0.05) is 30.3 Å². The molecule has 1 unspecified atom stereocenters. The van der Waals surface area contributed by atoms with Crippen molar-refractivity contribution in [3.8, 4) is 11.6 Å². The van der Waals surface area contributed by atoms with Crippen molar-refractivity contribution >= 4 is 12.2 Å². The van der Waals surface area contributed by atoms with Gasteiger partial charge in [-0.3, -0.25) is 14.3 Å². The maximum Gasteiger partial charge on any atom is 0.260 e. The fourth-order valence-corrected chi connectivity index (χ4v) is 3.70. The second-order valence-corrected chi connectivity index (χ2v) is 6.53. The third-order valence-electron chi connectivity index (χ3n) is 4.58. The summed E-state index contributed by atoms with van der Waals surface area (Å²) in [5, 5.41) is 14.2. The number of hydrogen-bond acceptors (Lipinski definition) is 4. The first-order chi connectivity index (χ1) is 12.6. The van der Waals surface area contributed by atoms with Crippen LogP contribution in [0.5, 0.6) is 5.88 Å². The molecule has 0 spiro atoms. The molecule has 2 heterocycles. The predicted molar refractivity (Wildman–Crippen MR) is 98.8 cm³/mol. The summed E-state index contributed by atoms with van der Waals surface area (Å²) in [7, 11) is 0. The lowest BCUT2D eigenvalue weighted by Crippen LogP contribution is -2.35. The number of aromatic amines is 1. The number of nitrogens with one attached hydrogen (secondary N) is 2. The first-order valence-corrected chi connectivity index (χ1v) is 8.62. The van der Waals surface area contributed by atoms with E-state index < -0.39 is 17.4 Å². The van der Waals surface area contributed by atoms with Gasteiger partial charge in [0.1, 0.15) is 5.82 Å². The van der Waals surface area contributed by atoms with Crippen molar-refractivity contribution in [1.82, 2.24) is 14.9 Å². The highest BCUT2D eigenvalue weighted by molar-refractivity contribution is 7.71. The highest BCUT2D eigenvalue weighted by Crippen LogP contribution is 2.32. The Morgan fingerprint density at radius 2 is 2.00 bits per heavy atom. The summed E-state index contributed by atoms with van der Waals surface area (Å²) < 4.78 is 14.9. The fraction of sp³-hybridized carbons (Fsp3) is 0.158. The minimum Gasteiger partial charge on any atom is -0.494 e. The molecule has 0 bridgehead atoms. The number of rotatable bonds is 2. The van der Waals surface area contributed by atoms with Crippen LogP contribution in [0.3, 0.4) is 0 Å². The van der Waals surface area contributed by atoms with Gasteiger partial charge >= 0.3 is 0 Å². The van der Waals surface area contributed by atoms with Crippen LogP contribution in [-0.4, -0.2) is 21.2 Å². The van der Waals surface area contributed by atoms with Crippen molar-refractivity contribution in [3.63, 3.8) is 0 Å². The molecule has 0 saturated heterocycles. The zero-order chi connectivity index (χ0) is 18.3. The summed E-state index contributed by atoms with van der Waals surface area (Å²) in [6, 6.07) is 13.0. The molecule has 7 heteroatoms. The van der Waals surface area contributed by atoms with Gasteiger partial charge in [0.2, 0.25) is 5.88 Å². The van der Waals surface area contributed by atoms with Crippen molar-refractivity contribution in [2.45, 2.75) is 12.5 Å². The number of aromatic hydroxyl groups is 1. The van der Waals surface area contributed by atoms with E-state index in [1.165, 1.54) is 22.8 Å². The highest BCUT2D eigenvalue weighted by Gasteiger charge is 2.28. The molecule has 2 aromatic carbocycles. The number of H-pyrrole nitrogens is 1. The average molecular weight is 369 g/mol. The van der Waals surface area contributed by atoms with Crippen molar-refractivity contribution in [1.29, 1.82) is 0 Å². The molecule has 0 saturated carbocycles. The van der Waals surface area contributed by atoms with E-state index in [0.717, 1.165) is 17.5 Å². The first kappa shape index (κ1) is 16.7. The largest absolute Gasteiger partial charge is 0.494 e. The summed E-state index contributed by atoms with van der Waals surface area (Å²) in [5.41, 5.74) is 2.09. The van der Waals surface area contributed by atoms with E-state index in [1.54, 1.807) is 6.07 Å². The Bertz CT molecular complexity index is 1110. The summed E-state index contributed by atoms with van der Waals surface area (Å²) in [5.74, 6) is -0.753. The van der Waals surface area contributed by atoms with E-state index in [0.29, 0.717) is 12.2 Å². The number of aromatic nitrogens is 2. The van der Waals surface area contributed by atoms with Gasteiger partial charge < -0.3 is 10.4 Å². The Labute approximate surface area is 153 Å². The van der Waals surface area contributed by atoms with E-state index in [9.17, 15) is 14.3 Å². The number of halogens is 1. The van der Waals surface area contributed by atoms with Crippen molar-refractivity contribution in [3.05, 3.63) is 86.2 Å². The summed E-state index contributed by atoms with van der Waals surface area (Å²) in [6.07, 6.45) is 0.842. The third-order valence-corrected chi connectivity index (χ3v) is 4.87. The lowest BCUT2D eigenvalue weighted by atomic mass is 9.90. The molecular formula is C19H16FN3O2S. The number of benzene rings is 2. The number of fused-ring (bicyclic) bond motifs is 1. The first-order valence-electron chi connectivity index (χ1n) is 8.21. The van der Waals surface area contributed by atoms with Crippen LogP contribution in [-0.2, 0) is 6.42 Å². The topological polar surface area (TPSA) is 70.0 Å². The molecule has 5 nitrogen and oxygen atoms in total. The van der Waals surface area contributed by atoms with Crippen LogP contribution < -0.4 is 10.9 Å². The molecule has 26 heavy (non-hydrogen) atoms. The lowest BCUT2D eigenvalue weighted by Gasteiger charge is -2.27. The van der Waals surface area contributed by atoms with Crippen LogP contribution in [0, 0.1) is 10.6 Å². The van der Waals surface area contributed by atoms with Crippen LogP contribution in [0.1, 0.15) is 22.7 Å². The summed E-state index contributed by atoms with van der Waals surface area (Å²) in [6.45, 7) is 0.677. The monoisotopic (exact) mass is 369 g/mol. The molecule has 132 valence electrons. The van der Waals surface area contributed by atoms with Gasteiger partial charge in [0.15, 0.2) is 4.77 Å². The molecule has 0 radical (unpaired) electrons. The molecule has 0 fully saturated rings. The van der Waals surface area contributed by atoms with Crippen LogP contribution in [0.2, 0.25) is 0 Å². The molecule has 1 atom stereocenters. The Morgan fingerprint density at radius 1 is 1.19 bits per heavy atom. The Hall–Kier alpha value is -2.77. The van der Waals surface area contributed by atoms with Gasteiger partial charge in [0, 0.05) is 6.54 Å². The maximum atomic E-state index is 13.6. The molecule has 3 aromatic rings. The zero-order valence-electron chi connectivity index (χ0n) is 13.7. The fourth-order valence-electron chi connectivity index (χ4n) is 3.42. The van der Waals surface area contributed by atoms with Crippen molar-refractivity contribution in [2.24, 2.45) is 0 Å². The third kappa shape index (κ3) is 2.75. The van der Waals surface area contributed by atoms with E-state index in [-0.39, 0.29) is 16.2 Å². The molecular weight excluding hydrogens is 353 g/mol. The molecule has 1 aliphatic rings. The van der Waals surface area contributed by atoms with Gasteiger partial charge in [0.25, 0.3) is 5.56 Å². The molecule has 0 amide bonds. The minimum absolute atomic E-state index is 0.00550. The summed E-state index contributed by atoms with van der Waals surface area (Å²) >= 11 is 5.20. The Morgan fingerprint density at radius 3 is 2.81 bits per heavy atom. The van der Waals surface area contributed by atoms with Gasteiger partial charge in [-0.2, -0.15) is 0 Å². The van der Waals surface area contributed by atoms with E-state index in [1.807, 2.05) is 24.3 Å². The normalized spacial score (nSPS) is 16.3. The smallest absolute Gasteiger partial charge is 0.260 e. The highest BCUT2D eigenvalue weighted by atomic mass is 32.1. The van der Waals surface area contributed by atoms with E-state index in [4.69, 9.17) is 12.2 Å². The lowest BCUT2D eigenvalue weighted by molar-refractivity contribution is 0.412. The molecule has 1 aliphatic heterocycles. The predicted octanol–water partition coefficient (Wildman–Crippen LogP) is 2.97. The van der Waals surface area contributed by atoms with Crippen LogP contribution >= 0.6 is 12.2 Å². The quantitative estimate of drug-likeness (QED) is 0.608. The summed E-state index contributed by atoms with van der Waals surface area (Å²) in [4.78, 5) is 15.2.